The highest BCUT2D eigenvalue weighted by Gasteiger charge is 2.34. The lowest BCUT2D eigenvalue weighted by molar-refractivity contribution is 0.404. The predicted molar refractivity (Wildman–Crippen MR) is 157 cm³/mol. The number of aromatic hydroxyl groups is 4. The summed E-state index contributed by atoms with van der Waals surface area (Å²) in [6, 6.07) is 32.6. The molecule has 7 aromatic rings. The van der Waals surface area contributed by atoms with Crippen molar-refractivity contribution in [2.24, 2.45) is 0 Å². The molecule has 0 aromatic heterocycles. The van der Waals surface area contributed by atoms with E-state index in [1.807, 2.05) is 48.5 Å². The quantitative estimate of drug-likeness (QED) is 0.128. The summed E-state index contributed by atoms with van der Waals surface area (Å²) in [7, 11) is 0. The lowest BCUT2D eigenvalue weighted by atomic mass is 9.76. The Kier molecular flexibility index (Phi) is 4.53. The van der Waals surface area contributed by atoms with Crippen LogP contribution in [0.15, 0.2) is 103 Å². The van der Waals surface area contributed by atoms with Gasteiger partial charge in [0.2, 0.25) is 0 Å². The van der Waals surface area contributed by atoms with E-state index in [1.165, 1.54) is 0 Å². The van der Waals surface area contributed by atoms with Gasteiger partial charge >= 0.3 is 0 Å². The number of hydrogen-bond acceptors (Lipinski definition) is 5. The van der Waals surface area contributed by atoms with E-state index in [0.29, 0.717) is 11.5 Å². The van der Waals surface area contributed by atoms with Crippen LogP contribution in [0.5, 0.6) is 34.5 Å². The monoisotopic (exact) mass is 522 g/mol. The van der Waals surface area contributed by atoms with Crippen LogP contribution >= 0.6 is 0 Å². The van der Waals surface area contributed by atoms with E-state index in [2.05, 4.69) is 30.3 Å². The molecule has 7 aromatic carbocycles. The van der Waals surface area contributed by atoms with Gasteiger partial charge in [-0.15, -0.1) is 0 Å². The Labute approximate surface area is 228 Å². The molecule has 192 valence electrons. The summed E-state index contributed by atoms with van der Waals surface area (Å²) in [5.41, 5.74) is 2.74. The van der Waals surface area contributed by atoms with Crippen molar-refractivity contribution in [1.29, 1.82) is 0 Å². The first-order valence-corrected chi connectivity index (χ1v) is 13.0. The maximum Gasteiger partial charge on any atom is 0.158 e. The van der Waals surface area contributed by atoms with Gasteiger partial charge in [0.15, 0.2) is 23.0 Å². The number of phenols is 4. The highest BCUT2D eigenvalue weighted by atomic mass is 16.5. The first kappa shape index (κ1) is 22.6. The molecule has 4 N–H and O–H groups in total. The zero-order valence-electron chi connectivity index (χ0n) is 21.1. The van der Waals surface area contributed by atoms with Crippen molar-refractivity contribution in [1.82, 2.24) is 0 Å². The smallest absolute Gasteiger partial charge is 0.158 e. The number of fused-ring (bicyclic) bond motifs is 9. The Bertz CT molecular complexity index is 2100. The molecular weight excluding hydrogens is 500 g/mol. The van der Waals surface area contributed by atoms with Gasteiger partial charge in [-0.1, -0.05) is 60.7 Å². The van der Waals surface area contributed by atoms with Crippen molar-refractivity contribution in [2.75, 3.05) is 0 Å². The normalized spacial score (nSPS) is 13.0. The molecule has 8 rings (SSSR count). The number of ether oxygens (including phenoxy) is 1. The SMILES string of the molecule is Oc1cc2ccc3c(c2cc1O)C(c1cc2ccccc2c2ccccc12)c1c(ccc2cc(O)c(O)cc12)O3. The van der Waals surface area contributed by atoms with E-state index in [9.17, 15) is 20.4 Å². The topological polar surface area (TPSA) is 90.2 Å². The molecule has 0 saturated carbocycles. The van der Waals surface area contributed by atoms with Crippen LogP contribution in [0.2, 0.25) is 0 Å². The van der Waals surface area contributed by atoms with Gasteiger partial charge < -0.3 is 25.2 Å². The summed E-state index contributed by atoms with van der Waals surface area (Å²) in [5, 5.41) is 49.2. The first-order valence-electron chi connectivity index (χ1n) is 13.0. The summed E-state index contributed by atoms with van der Waals surface area (Å²) < 4.78 is 6.50. The fourth-order valence-corrected chi connectivity index (χ4v) is 6.37. The van der Waals surface area contributed by atoms with E-state index >= 15 is 0 Å². The Hall–Kier alpha value is -5.42. The molecule has 5 heteroatoms. The molecule has 1 aliphatic heterocycles. The van der Waals surface area contributed by atoms with E-state index in [-0.39, 0.29) is 28.9 Å². The molecular formula is C35H22O5. The maximum absolute atomic E-state index is 10.6. The molecule has 0 atom stereocenters. The third-order valence-corrected chi connectivity index (χ3v) is 8.14. The van der Waals surface area contributed by atoms with Crippen LogP contribution in [0.4, 0.5) is 0 Å². The van der Waals surface area contributed by atoms with Crippen molar-refractivity contribution in [2.45, 2.75) is 5.92 Å². The van der Waals surface area contributed by atoms with E-state index in [0.717, 1.165) is 59.8 Å². The van der Waals surface area contributed by atoms with Crippen molar-refractivity contribution < 1.29 is 25.2 Å². The van der Waals surface area contributed by atoms with Gasteiger partial charge in [-0.05, 0) is 91.1 Å². The fraction of sp³-hybridized carbons (Fsp3) is 0.0286. The van der Waals surface area contributed by atoms with Gasteiger partial charge in [-0.3, -0.25) is 0 Å². The van der Waals surface area contributed by atoms with Crippen LogP contribution in [0.3, 0.4) is 0 Å². The fourth-order valence-electron chi connectivity index (χ4n) is 6.37. The standard InChI is InChI=1S/C35H22O5/c36-27-14-19-9-11-31-33(24(19)16-29(27)38)35(34-25-17-30(39)28(37)15-20(25)10-12-32(34)40-31)26-13-18-5-1-2-6-21(18)22-7-3-4-8-23(22)26/h1-17,35-39H. The molecule has 0 saturated heterocycles. The van der Waals surface area contributed by atoms with Crippen molar-refractivity contribution in [3.05, 3.63) is 120 Å². The Morgan fingerprint density at radius 2 is 0.900 bits per heavy atom. The highest BCUT2D eigenvalue weighted by molar-refractivity contribution is 6.10. The minimum atomic E-state index is -0.367. The van der Waals surface area contributed by atoms with Crippen LogP contribution in [0.25, 0.3) is 43.1 Å². The molecule has 0 radical (unpaired) electrons. The van der Waals surface area contributed by atoms with Crippen LogP contribution in [0, 0.1) is 0 Å². The van der Waals surface area contributed by atoms with Gasteiger partial charge in [-0.25, -0.2) is 0 Å². The average molecular weight is 523 g/mol. The van der Waals surface area contributed by atoms with Gasteiger partial charge in [0.05, 0.1) is 0 Å². The zero-order chi connectivity index (χ0) is 27.1. The Morgan fingerprint density at radius 3 is 1.50 bits per heavy atom. The second-order valence-electron chi connectivity index (χ2n) is 10.3. The van der Waals surface area contributed by atoms with Gasteiger partial charge in [0.1, 0.15) is 11.5 Å². The van der Waals surface area contributed by atoms with Crippen LogP contribution in [0.1, 0.15) is 22.6 Å². The van der Waals surface area contributed by atoms with E-state index < -0.39 is 0 Å². The maximum atomic E-state index is 10.6. The molecule has 5 nitrogen and oxygen atoms in total. The molecule has 1 aliphatic rings. The lowest BCUT2D eigenvalue weighted by Crippen LogP contribution is -2.13. The molecule has 0 unspecified atom stereocenters. The van der Waals surface area contributed by atoms with Gasteiger partial charge in [0, 0.05) is 17.0 Å². The van der Waals surface area contributed by atoms with Gasteiger partial charge in [-0.2, -0.15) is 0 Å². The summed E-state index contributed by atoms with van der Waals surface area (Å²) >= 11 is 0. The highest BCUT2D eigenvalue weighted by Crippen LogP contribution is 2.55. The summed E-state index contributed by atoms with van der Waals surface area (Å²) in [4.78, 5) is 0. The Morgan fingerprint density at radius 1 is 0.425 bits per heavy atom. The number of rotatable bonds is 1. The van der Waals surface area contributed by atoms with Crippen molar-refractivity contribution >= 4 is 43.1 Å². The second kappa shape index (κ2) is 8.04. The van der Waals surface area contributed by atoms with Crippen LogP contribution < -0.4 is 4.74 Å². The first-order chi connectivity index (χ1) is 19.5. The summed E-state index contributed by atoms with van der Waals surface area (Å²) in [6.45, 7) is 0. The third kappa shape index (κ3) is 3.09. The molecule has 0 fully saturated rings. The van der Waals surface area contributed by atoms with Crippen molar-refractivity contribution in [3.8, 4) is 34.5 Å². The minimum Gasteiger partial charge on any atom is -0.504 e. The predicted octanol–water partition coefficient (Wildman–Crippen LogP) is 8.41. The molecule has 0 aliphatic carbocycles. The van der Waals surface area contributed by atoms with Crippen molar-refractivity contribution in [3.63, 3.8) is 0 Å². The molecule has 1 heterocycles. The molecule has 40 heavy (non-hydrogen) atoms. The zero-order valence-corrected chi connectivity index (χ0v) is 21.1. The number of benzene rings is 7. The largest absolute Gasteiger partial charge is 0.504 e. The molecule has 0 bridgehead atoms. The number of hydrogen-bond donors (Lipinski definition) is 4. The van der Waals surface area contributed by atoms with Crippen LogP contribution in [-0.2, 0) is 0 Å². The number of phenolic OH excluding ortho intramolecular Hbond substituents is 4. The Balaban J connectivity index is 1.58. The lowest BCUT2D eigenvalue weighted by Gasteiger charge is -2.32. The average Bonchev–Trinajstić information content (AvgIpc) is 2.97. The van der Waals surface area contributed by atoms with Gasteiger partial charge in [0.25, 0.3) is 0 Å². The second-order valence-corrected chi connectivity index (χ2v) is 10.3. The van der Waals surface area contributed by atoms with E-state index in [1.54, 1.807) is 24.3 Å². The molecule has 0 spiro atoms. The summed E-state index contributed by atoms with van der Waals surface area (Å²) in [6.07, 6.45) is 0. The van der Waals surface area contributed by atoms with Crippen LogP contribution in [-0.4, -0.2) is 20.4 Å². The third-order valence-electron chi connectivity index (χ3n) is 8.14. The molecule has 0 amide bonds. The minimum absolute atomic E-state index is 0.192. The summed E-state index contributed by atoms with van der Waals surface area (Å²) in [5.74, 6) is 0.118. The van der Waals surface area contributed by atoms with E-state index in [4.69, 9.17) is 4.74 Å².